The number of aromatic nitrogens is 1. The first-order chi connectivity index (χ1) is 18.7. The lowest BCUT2D eigenvalue weighted by Crippen LogP contribution is -2.39. The molecule has 0 spiro atoms. The molecule has 1 aromatic carbocycles. The van der Waals surface area contributed by atoms with E-state index in [2.05, 4.69) is 37.9 Å². The summed E-state index contributed by atoms with van der Waals surface area (Å²) in [7, 11) is 0. The zero-order chi connectivity index (χ0) is 28.9. The highest BCUT2D eigenvalue weighted by atomic mass is 16.3. The summed E-state index contributed by atoms with van der Waals surface area (Å²) < 4.78 is 0.473. The fraction of sp³-hybridized carbons (Fsp3) is 0.567. The van der Waals surface area contributed by atoms with E-state index < -0.39 is 11.4 Å². The summed E-state index contributed by atoms with van der Waals surface area (Å²) in [6, 6.07) is 8.79. The van der Waals surface area contributed by atoms with Crippen LogP contribution in [0, 0.1) is 30.1 Å². The monoisotopic (exact) mass is 536 g/mol. The summed E-state index contributed by atoms with van der Waals surface area (Å²) in [4.78, 5) is 28.2. The number of carbonyl (C=O) groups excluding carboxylic acids is 1. The number of amides is 1. The normalized spacial score (nSPS) is 12.8. The predicted molar refractivity (Wildman–Crippen MR) is 155 cm³/mol. The molecule has 0 aliphatic heterocycles. The summed E-state index contributed by atoms with van der Waals surface area (Å²) in [6.45, 7) is 11.6. The second-order valence-corrected chi connectivity index (χ2v) is 10.2. The summed E-state index contributed by atoms with van der Waals surface area (Å²) in [5.74, 6) is 5.78. The Labute approximate surface area is 232 Å². The van der Waals surface area contributed by atoms with Gasteiger partial charge in [0.05, 0.1) is 11.3 Å². The SMILES string of the molecule is CCCCC(CC)CN(CC(CC)CCCC)C(=O)c1ccccc1/N=N/c1c(C)c(C#N)c(=O)n(N)c1O. The van der Waals surface area contributed by atoms with Crippen LogP contribution in [0.25, 0.3) is 0 Å². The van der Waals surface area contributed by atoms with Crippen LogP contribution in [-0.4, -0.2) is 33.7 Å². The zero-order valence-electron chi connectivity index (χ0n) is 24.1. The molecule has 1 aromatic heterocycles. The van der Waals surface area contributed by atoms with Crippen LogP contribution in [0.2, 0.25) is 0 Å². The molecule has 212 valence electrons. The second-order valence-electron chi connectivity index (χ2n) is 10.2. The average Bonchev–Trinajstić information content (AvgIpc) is 2.95. The van der Waals surface area contributed by atoms with Crippen molar-refractivity contribution in [2.24, 2.45) is 22.1 Å². The third-order valence-electron chi connectivity index (χ3n) is 7.44. The molecule has 0 saturated heterocycles. The number of hydrogen-bond acceptors (Lipinski definition) is 7. The number of pyridine rings is 1. The van der Waals surface area contributed by atoms with Crippen molar-refractivity contribution in [1.82, 2.24) is 9.58 Å². The average molecular weight is 537 g/mol. The van der Waals surface area contributed by atoms with E-state index in [0.29, 0.717) is 40.9 Å². The predicted octanol–water partition coefficient (Wildman–Crippen LogP) is 6.74. The van der Waals surface area contributed by atoms with E-state index in [1.807, 2.05) is 4.90 Å². The van der Waals surface area contributed by atoms with Crippen molar-refractivity contribution >= 4 is 17.3 Å². The lowest BCUT2D eigenvalue weighted by molar-refractivity contribution is 0.0685. The van der Waals surface area contributed by atoms with Gasteiger partial charge in [-0.2, -0.15) is 9.94 Å². The Hall–Kier alpha value is -3.67. The molecule has 0 saturated carbocycles. The smallest absolute Gasteiger partial charge is 0.290 e. The Kier molecular flexibility index (Phi) is 12.7. The molecule has 2 atom stereocenters. The number of nitrogens with two attached hydrogens (primary N) is 1. The molecule has 1 heterocycles. The molecule has 0 radical (unpaired) electrons. The van der Waals surface area contributed by atoms with Gasteiger partial charge in [-0.15, -0.1) is 10.2 Å². The molecule has 39 heavy (non-hydrogen) atoms. The van der Waals surface area contributed by atoms with Gasteiger partial charge in [0.1, 0.15) is 11.6 Å². The highest BCUT2D eigenvalue weighted by Gasteiger charge is 2.25. The van der Waals surface area contributed by atoms with Gasteiger partial charge in [0, 0.05) is 18.7 Å². The van der Waals surface area contributed by atoms with Crippen LogP contribution in [0.4, 0.5) is 11.4 Å². The lowest BCUT2D eigenvalue weighted by Gasteiger charge is -2.31. The van der Waals surface area contributed by atoms with Crippen LogP contribution < -0.4 is 11.4 Å². The lowest BCUT2D eigenvalue weighted by atomic mass is 9.95. The number of hydrogen-bond donors (Lipinski definition) is 2. The van der Waals surface area contributed by atoms with Crippen molar-refractivity contribution in [2.75, 3.05) is 18.9 Å². The van der Waals surface area contributed by atoms with Gasteiger partial charge in [0.15, 0.2) is 5.69 Å². The molecule has 2 aromatic rings. The Morgan fingerprint density at radius 3 is 2.13 bits per heavy atom. The molecule has 1 amide bonds. The largest absolute Gasteiger partial charge is 0.492 e. The van der Waals surface area contributed by atoms with Crippen molar-refractivity contribution in [3.8, 4) is 11.9 Å². The molecule has 0 fully saturated rings. The van der Waals surface area contributed by atoms with Crippen molar-refractivity contribution in [3.05, 3.63) is 51.3 Å². The fourth-order valence-electron chi connectivity index (χ4n) is 4.74. The molecule has 9 heteroatoms. The highest BCUT2D eigenvalue weighted by Crippen LogP contribution is 2.32. The van der Waals surface area contributed by atoms with E-state index in [-0.39, 0.29) is 22.7 Å². The topological polar surface area (TPSA) is 137 Å². The van der Waals surface area contributed by atoms with Gasteiger partial charge < -0.3 is 15.8 Å². The minimum absolute atomic E-state index is 0.0935. The van der Waals surface area contributed by atoms with Gasteiger partial charge >= 0.3 is 0 Å². The maximum Gasteiger partial charge on any atom is 0.290 e. The summed E-state index contributed by atoms with van der Waals surface area (Å²) in [5, 5.41) is 28.2. The van der Waals surface area contributed by atoms with E-state index in [9.17, 15) is 20.0 Å². The molecule has 2 unspecified atom stereocenters. The Morgan fingerprint density at radius 1 is 1.05 bits per heavy atom. The van der Waals surface area contributed by atoms with Crippen molar-refractivity contribution in [1.29, 1.82) is 5.26 Å². The number of azo groups is 1. The molecule has 9 nitrogen and oxygen atoms in total. The van der Waals surface area contributed by atoms with E-state index in [4.69, 9.17) is 5.84 Å². The van der Waals surface area contributed by atoms with Gasteiger partial charge in [0.25, 0.3) is 11.5 Å². The number of unbranched alkanes of at least 4 members (excludes halogenated alkanes) is 2. The summed E-state index contributed by atoms with van der Waals surface area (Å²) in [6.07, 6.45) is 8.69. The Morgan fingerprint density at radius 2 is 1.62 bits per heavy atom. The number of nitrogen functional groups attached to an aromatic ring is 1. The summed E-state index contributed by atoms with van der Waals surface area (Å²) >= 11 is 0. The second kappa shape index (κ2) is 15.7. The van der Waals surface area contributed by atoms with E-state index in [1.54, 1.807) is 30.3 Å². The minimum atomic E-state index is -0.820. The maximum atomic E-state index is 14.0. The number of carbonyl (C=O) groups is 1. The van der Waals surface area contributed by atoms with Gasteiger partial charge in [-0.05, 0) is 43.7 Å². The Bertz CT molecular complexity index is 1210. The van der Waals surface area contributed by atoms with Crippen LogP contribution in [-0.2, 0) is 0 Å². The number of nitriles is 1. The van der Waals surface area contributed by atoms with Crippen LogP contribution >= 0.6 is 0 Å². The molecule has 0 aliphatic rings. The van der Waals surface area contributed by atoms with Gasteiger partial charge in [-0.3, -0.25) is 9.59 Å². The van der Waals surface area contributed by atoms with Crippen molar-refractivity contribution < 1.29 is 9.90 Å². The summed E-state index contributed by atoms with van der Waals surface area (Å²) in [5.41, 5.74) is -0.225. The number of rotatable bonds is 15. The van der Waals surface area contributed by atoms with Crippen LogP contribution in [0.1, 0.15) is 101 Å². The van der Waals surface area contributed by atoms with Crippen molar-refractivity contribution in [3.63, 3.8) is 0 Å². The highest BCUT2D eigenvalue weighted by molar-refractivity contribution is 5.99. The van der Waals surface area contributed by atoms with E-state index in [0.717, 1.165) is 51.4 Å². The number of nitrogens with zero attached hydrogens (tertiary/aromatic N) is 5. The number of benzene rings is 1. The minimum Gasteiger partial charge on any atom is -0.492 e. The molecule has 0 bridgehead atoms. The first kappa shape index (κ1) is 31.5. The van der Waals surface area contributed by atoms with Gasteiger partial charge in [-0.1, -0.05) is 78.4 Å². The van der Waals surface area contributed by atoms with Crippen LogP contribution in [0.3, 0.4) is 0 Å². The Balaban J connectivity index is 2.49. The zero-order valence-corrected chi connectivity index (χ0v) is 24.1. The molecule has 0 aliphatic carbocycles. The molecular weight excluding hydrogens is 492 g/mol. The number of aromatic hydroxyl groups is 1. The fourth-order valence-corrected chi connectivity index (χ4v) is 4.74. The van der Waals surface area contributed by atoms with Gasteiger partial charge in [0.2, 0.25) is 5.88 Å². The quantitative estimate of drug-likeness (QED) is 0.192. The molecule has 2 rings (SSSR count). The van der Waals surface area contributed by atoms with Crippen LogP contribution in [0.5, 0.6) is 5.88 Å². The molecular formula is C30H44N6O3. The first-order valence-electron chi connectivity index (χ1n) is 14.2. The maximum absolute atomic E-state index is 14.0. The van der Waals surface area contributed by atoms with E-state index >= 15 is 0 Å². The van der Waals surface area contributed by atoms with E-state index in [1.165, 1.54) is 6.92 Å². The third kappa shape index (κ3) is 8.16. The van der Waals surface area contributed by atoms with Gasteiger partial charge in [-0.25, -0.2) is 0 Å². The first-order valence-corrected chi connectivity index (χ1v) is 14.2. The van der Waals surface area contributed by atoms with Crippen LogP contribution in [0.15, 0.2) is 39.3 Å². The molecule has 3 N–H and O–H groups in total. The van der Waals surface area contributed by atoms with Crippen molar-refractivity contribution in [2.45, 2.75) is 86.0 Å². The standard InChI is InChI=1S/C30H44N6O3/c1-6-10-14-22(8-3)19-35(20-23(9-4)15-11-7-2)28(37)24-16-12-13-17-26(24)33-34-27-21(5)25(18-31)29(38)36(32)30(27)39/h12-13,16-17,22-23,39H,6-11,14-15,19-20,32H2,1-5H3/b34-33+. The third-order valence-corrected chi connectivity index (χ3v) is 7.44.